The number of aryl methyl sites for hydroxylation is 1. The van der Waals surface area contributed by atoms with E-state index in [-0.39, 0.29) is 29.4 Å². The molecule has 0 unspecified atom stereocenters. The quantitative estimate of drug-likeness (QED) is 0.494. The highest BCUT2D eigenvalue weighted by molar-refractivity contribution is 14.0. The normalized spacial score (nSPS) is 11.7. The molecule has 0 saturated carbocycles. The lowest BCUT2D eigenvalue weighted by molar-refractivity contribution is 0.510. The molecule has 102 valence electrons. The van der Waals surface area contributed by atoms with Crippen molar-refractivity contribution in [2.75, 3.05) is 20.6 Å². The Morgan fingerprint density at radius 1 is 1.22 bits per heavy atom. The van der Waals surface area contributed by atoms with Crippen LogP contribution in [-0.4, -0.2) is 26.6 Å². The van der Waals surface area contributed by atoms with Gasteiger partial charge >= 0.3 is 0 Å². The molecular weight excluding hydrogens is 337 g/mol. The average Bonchev–Trinajstić information content (AvgIpc) is 2.31. The number of aliphatic imine (C=N–C) groups is 1. The van der Waals surface area contributed by atoms with Gasteiger partial charge in [0.1, 0.15) is 0 Å². The second-order valence-corrected chi connectivity index (χ2v) is 4.93. The van der Waals surface area contributed by atoms with Gasteiger partial charge in [-0.1, -0.05) is 43.7 Å². The molecule has 0 aliphatic heterocycles. The zero-order valence-electron chi connectivity index (χ0n) is 11.9. The molecule has 0 aliphatic rings. The van der Waals surface area contributed by atoms with Crippen LogP contribution in [-0.2, 0) is 5.41 Å². The van der Waals surface area contributed by atoms with Crippen LogP contribution in [0.4, 0.5) is 0 Å². The van der Waals surface area contributed by atoms with Gasteiger partial charge < -0.3 is 10.6 Å². The monoisotopic (exact) mass is 361 g/mol. The third-order valence-electron chi connectivity index (χ3n) is 2.99. The first-order valence-electron chi connectivity index (χ1n) is 5.95. The van der Waals surface area contributed by atoms with Gasteiger partial charge in [-0.05, 0) is 12.5 Å². The minimum Gasteiger partial charge on any atom is -0.359 e. The Hall–Kier alpha value is -0.780. The number of hydrogen-bond acceptors (Lipinski definition) is 1. The lowest BCUT2D eigenvalue weighted by Crippen LogP contribution is -2.42. The van der Waals surface area contributed by atoms with E-state index in [0.717, 1.165) is 12.5 Å². The second-order valence-electron chi connectivity index (χ2n) is 4.93. The molecule has 0 aromatic heterocycles. The van der Waals surface area contributed by atoms with E-state index in [9.17, 15) is 0 Å². The lowest BCUT2D eigenvalue weighted by atomic mass is 9.84. The number of nitrogens with zero attached hydrogens (tertiary/aromatic N) is 1. The second kappa shape index (κ2) is 7.61. The number of nitrogens with one attached hydrogen (secondary N) is 2. The summed E-state index contributed by atoms with van der Waals surface area (Å²) in [6.45, 7) is 7.42. The van der Waals surface area contributed by atoms with E-state index in [1.165, 1.54) is 11.1 Å². The van der Waals surface area contributed by atoms with Crippen LogP contribution < -0.4 is 10.6 Å². The fourth-order valence-corrected chi connectivity index (χ4v) is 1.69. The van der Waals surface area contributed by atoms with Crippen LogP contribution in [0.15, 0.2) is 29.3 Å². The summed E-state index contributed by atoms with van der Waals surface area (Å²) in [5.74, 6) is 0.824. The summed E-state index contributed by atoms with van der Waals surface area (Å²) in [6.07, 6.45) is 0. The van der Waals surface area contributed by atoms with Crippen LogP contribution in [0.2, 0.25) is 0 Å². The number of hydrogen-bond donors (Lipinski definition) is 2. The van der Waals surface area contributed by atoms with Crippen molar-refractivity contribution < 1.29 is 0 Å². The van der Waals surface area contributed by atoms with E-state index in [1.807, 2.05) is 7.05 Å². The smallest absolute Gasteiger partial charge is 0.190 e. The fraction of sp³-hybridized carbons (Fsp3) is 0.500. The molecule has 0 atom stereocenters. The lowest BCUT2D eigenvalue weighted by Gasteiger charge is -2.26. The zero-order chi connectivity index (χ0) is 12.9. The Bertz CT molecular complexity index is 383. The molecule has 0 bridgehead atoms. The van der Waals surface area contributed by atoms with Crippen molar-refractivity contribution in [2.45, 2.75) is 26.2 Å². The number of rotatable bonds is 3. The van der Waals surface area contributed by atoms with Gasteiger partial charge in [-0.15, -0.1) is 24.0 Å². The Morgan fingerprint density at radius 2 is 1.78 bits per heavy atom. The fourth-order valence-electron chi connectivity index (χ4n) is 1.69. The molecule has 1 aromatic rings. The molecule has 18 heavy (non-hydrogen) atoms. The summed E-state index contributed by atoms with van der Waals surface area (Å²) in [7, 11) is 3.64. The first-order valence-corrected chi connectivity index (χ1v) is 5.95. The van der Waals surface area contributed by atoms with Crippen LogP contribution >= 0.6 is 24.0 Å². The Morgan fingerprint density at radius 3 is 2.22 bits per heavy atom. The molecule has 1 rings (SSSR count). The standard InChI is InChI=1S/C14H23N3.HI/c1-11-6-8-12(9-7-11)14(2,3)10-17-13(15-4)16-5;/h6-9H,10H2,1-5H3,(H2,15,16,17);1H. The Kier molecular flexibility index (Phi) is 7.28. The topological polar surface area (TPSA) is 36.4 Å². The van der Waals surface area contributed by atoms with Crippen molar-refractivity contribution in [1.29, 1.82) is 0 Å². The van der Waals surface area contributed by atoms with Crippen molar-refractivity contribution in [3.8, 4) is 0 Å². The third-order valence-corrected chi connectivity index (χ3v) is 2.99. The molecule has 0 heterocycles. The predicted octanol–water partition coefficient (Wildman–Crippen LogP) is 2.69. The molecule has 0 spiro atoms. The van der Waals surface area contributed by atoms with Crippen LogP contribution in [0.1, 0.15) is 25.0 Å². The maximum Gasteiger partial charge on any atom is 0.190 e. The maximum atomic E-state index is 4.11. The molecule has 0 radical (unpaired) electrons. The van der Waals surface area contributed by atoms with Crippen LogP contribution in [0.3, 0.4) is 0 Å². The van der Waals surface area contributed by atoms with Gasteiger partial charge in [0.2, 0.25) is 0 Å². The number of benzene rings is 1. The summed E-state index contributed by atoms with van der Waals surface area (Å²) in [6, 6.07) is 8.70. The molecule has 0 amide bonds. The van der Waals surface area contributed by atoms with Gasteiger partial charge in [0.25, 0.3) is 0 Å². The molecule has 2 N–H and O–H groups in total. The van der Waals surface area contributed by atoms with Crippen molar-refractivity contribution in [3.05, 3.63) is 35.4 Å². The predicted molar refractivity (Wildman–Crippen MR) is 90.0 cm³/mol. The van der Waals surface area contributed by atoms with Gasteiger partial charge in [-0.3, -0.25) is 4.99 Å². The zero-order valence-corrected chi connectivity index (χ0v) is 14.2. The molecule has 0 fully saturated rings. The molecule has 1 aromatic carbocycles. The SMILES string of the molecule is CN=C(NC)NCC(C)(C)c1ccc(C)cc1.I. The van der Waals surface area contributed by atoms with Gasteiger partial charge in [-0.2, -0.15) is 0 Å². The number of guanidine groups is 1. The molecular formula is C14H24IN3. The van der Waals surface area contributed by atoms with Gasteiger partial charge in [0.05, 0.1) is 0 Å². The van der Waals surface area contributed by atoms with Crippen molar-refractivity contribution >= 4 is 29.9 Å². The minimum atomic E-state index is 0. The number of halogens is 1. The minimum absolute atomic E-state index is 0. The van der Waals surface area contributed by atoms with E-state index in [1.54, 1.807) is 7.05 Å². The van der Waals surface area contributed by atoms with Crippen molar-refractivity contribution in [3.63, 3.8) is 0 Å². The van der Waals surface area contributed by atoms with Crippen LogP contribution in [0.25, 0.3) is 0 Å². The highest BCUT2D eigenvalue weighted by atomic mass is 127. The summed E-state index contributed by atoms with van der Waals surface area (Å²) < 4.78 is 0. The van der Waals surface area contributed by atoms with E-state index in [2.05, 4.69) is 60.7 Å². The average molecular weight is 361 g/mol. The third kappa shape index (κ3) is 4.84. The van der Waals surface area contributed by atoms with Crippen molar-refractivity contribution in [2.24, 2.45) is 4.99 Å². The van der Waals surface area contributed by atoms with Crippen molar-refractivity contribution in [1.82, 2.24) is 10.6 Å². The Labute approximate surface area is 127 Å². The van der Waals surface area contributed by atoms with Crippen LogP contribution in [0.5, 0.6) is 0 Å². The first-order chi connectivity index (χ1) is 7.99. The van der Waals surface area contributed by atoms with E-state index in [0.29, 0.717) is 0 Å². The largest absolute Gasteiger partial charge is 0.359 e. The summed E-state index contributed by atoms with van der Waals surface area (Å²) in [4.78, 5) is 4.11. The maximum absolute atomic E-state index is 4.11. The van der Waals surface area contributed by atoms with Gasteiger partial charge in [0.15, 0.2) is 5.96 Å². The molecule has 4 heteroatoms. The Balaban J connectivity index is 0.00000289. The first kappa shape index (κ1) is 17.2. The van der Waals surface area contributed by atoms with Gasteiger partial charge in [-0.25, -0.2) is 0 Å². The highest BCUT2D eigenvalue weighted by Gasteiger charge is 2.20. The van der Waals surface area contributed by atoms with E-state index >= 15 is 0 Å². The van der Waals surface area contributed by atoms with E-state index < -0.39 is 0 Å². The van der Waals surface area contributed by atoms with E-state index in [4.69, 9.17) is 0 Å². The molecule has 0 saturated heterocycles. The summed E-state index contributed by atoms with van der Waals surface area (Å²) in [5.41, 5.74) is 2.71. The van der Waals surface area contributed by atoms with Crippen LogP contribution in [0, 0.1) is 6.92 Å². The summed E-state index contributed by atoms with van der Waals surface area (Å²) >= 11 is 0. The molecule has 0 aliphatic carbocycles. The summed E-state index contributed by atoms with van der Waals surface area (Å²) in [5, 5.41) is 6.34. The van der Waals surface area contributed by atoms with Gasteiger partial charge in [0, 0.05) is 26.1 Å². The molecule has 3 nitrogen and oxygen atoms in total. The highest BCUT2D eigenvalue weighted by Crippen LogP contribution is 2.22.